The van der Waals surface area contributed by atoms with Crippen LogP contribution in [0.15, 0.2) is 48.5 Å². The van der Waals surface area contributed by atoms with Gasteiger partial charge in [0.1, 0.15) is 23.0 Å². The number of ether oxygens (including phenoxy) is 3. The molecule has 0 amide bonds. The SMILES string of the molecule is CCCOc1ccc(Oc2ccc(OCC)cc2)cc1. The Morgan fingerprint density at radius 1 is 0.650 bits per heavy atom. The number of benzene rings is 2. The first-order valence-electron chi connectivity index (χ1n) is 6.95. The van der Waals surface area contributed by atoms with E-state index in [0.717, 1.165) is 36.0 Å². The zero-order valence-electron chi connectivity index (χ0n) is 12.0. The Hall–Kier alpha value is -2.16. The molecule has 0 aliphatic heterocycles. The molecule has 2 aromatic carbocycles. The summed E-state index contributed by atoms with van der Waals surface area (Å²) in [6.07, 6.45) is 1.00. The van der Waals surface area contributed by atoms with E-state index < -0.39 is 0 Å². The van der Waals surface area contributed by atoms with Crippen molar-refractivity contribution in [2.24, 2.45) is 0 Å². The maximum absolute atomic E-state index is 5.76. The minimum atomic E-state index is 0.666. The fourth-order valence-electron chi connectivity index (χ4n) is 1.73. The van der Waals surface area contributed by atoms with Crippen molar-refractivity contribution in [3.63, 3.8) is 0 Å². The molecule has 0 saturated heterocycles. The Kier molecular flexibility index (Phi) is 5.30. The zero-order chi connectivity index (χ0) is 14.2. The summed E-state index contributed by atoms with van der Waals surface area (Å²) in [5.74, 6) is 3.29. The van der Waals surface area contributed by atoms with Crippen LogP contribution in [-0.2, 0) is 0 Å². The molecule has 0 aromatic heterocycles. The van der Waals surface area contributed by atoms with Gasteiger partial charge in [-0.05, 0) is 61.9 Å². The normalized spacial score (nSPS) is 10.1. The van der Waals surface area contributed by atoms with Crippen LogP contribution < -0.4 is 14.2 Å². The van der Waals surface area contributed by atoms with Gasteiger partial charge in [-0.1, -0.05) is 6.92 Å². The maximum Gasteiger partial charge on any atom is 0.127 e. The van der Waals surface area contributed by atoms with Crippen molar-refractivity contribution >= 4 is 0 Å². The van der Waals surface area contributed by atoms with Crippen LogP contribution in [0, 0.1) is 0 Å². The first-order chi connectivity index (χ1) is 9.81. The third-order valence-corrected chi connectivity index (χ3v) is 2.67. The zero-order valence-corrected chi connectivity index (χ0v) is 12.0. The minimum absolute atomic E-state index is 0.666. The summed E-state index contributed by atoms with van der Waals surface area (Å²) in [6, 6.07) is 15.2. The van der Waals surface area contributed by atoms with Crippen molar-refractivity contribution in [2.75, 3.05) is 13.2 Å². The van der Waals surface area contributed by atoms with Crippen LogP contribution in [0.2, 0.25) is 0 Å². The number of hydrogen-bond acceptors (Lipinski definition) is 3. The van der Waals surface area contributed by atoms with Crippen molar-refractivity contribution < 1.29 is 14.2 Å². The van der Waals surface area contributed by atoms with Gasteiger partial charge in [0, 0.05) is 0 Å². The molecule has 0 heterocycles. The molecule has 2 aromatic rings. The highest BCUT2D eigenvalue weighted by atomic mass is 16.5. The topological polar surface area (TPSA) is 27.7 Å². The summed E-state index contributed by atoms with van der Waals surface area (Å²) >= 11 is 0. The van der Waals surface area contributed by atoms with Crippen LogP contribution in [0.25, 0.3) is 0 Å². The molecule has 2 rings (SSSR count). The quantitative estimate of drug-likeness (QED) is 0.733. The van der Waals surface area contributed by atoms with Gasteiger partial charge in [-0.15, -0.1) is 0 Å². The minimum Gasteiger partial charge on any atom is -0.494 e. The summed E-state index contributed by atoms with van der Waals surface area (Å²) in [5.41, 5.74) is 0. The second kappa shape index (κ2) is 7.43. The predicted octanol–water partition coefficient (Wildman–Crippen LogP) is 4.67. The lowest BCUT2D eigenvalue weighted by Crippen LogP contribution is -1.94. The van der Waals surface area contributed by atoms with Gasteiger partial charge in [0.25, 0.3) is 0 Å². The fraction of sp³-hybridized carbons (Fsp3) is 0.294. The molecule has 3 nitrogen and oxygen atoms in total. The highest BCUT2D eigenvalue weighted by Gasteiger charge is 1.99. The molecule has 0 N–H and O–H groups in total. The van der Waals surface area contributed by atoms with E-state index >= 15 is 0 Å². The highest BCUT2D eigenvalue weighted by molar-refractivity contribution is 5.37. The Balaban J connectivity index is 1.95. The standard InChI is InChI=1S/C17H20O3/c1-3-13-19-15-7-11-17(12-8-15)20-16-9-5-14(6-10-16)18-4-2/h5-12H,3-4,13H2,1-2H3. The third-order valence-electron chi connectivity index (χ3n) is 2.67. The summed E-state index contributed by atoms with van der Waals surface area (Å²) < 4.78 is 16.7. The van der Waals surface area contributed by atoms with Crippen LogP contribution in [-0.4, -0.2) is 13.2 Å². The lowest BCUT2D eigenvalue weighted by molar-refractivity contribution is 0.317. The second-order valence-corrected chi connectivity index (χ2v) is 4.33. The summed E-state index contributed by atoms with van der Waals surface area (Å²) in [7, 11) is 0. The molecule has 0 fully saturated rings. The van der Waals surface area contributed by atoms with Crippen molar-refractivity contribution in [1.82, 2.24) is 0 Å². The van der Waals surface area contributed by atoms with Gasteiger partial charge >= 0.3 is 0 Å². The van der Waals surface area contributed by atoms with Crippen molar-refractivity contribution in [3.05, 3.63) is 48.5 Å². The Morgan fingerprint density at radius 2 is 1.10 bits per heavy atom. The smallest absolute Gasteiger partial charge is 0.127 e. The molecule has 0 bridgehead atoms. The monoisotopic (exact) mass is 272 g/mol. The second-order valence-electron chi connectivity index (χ2n) is 4.33. The molecule has 3 heteroatoms. The molecule has 0 aliphatic carbocycles. The van der Waals surface area contributed by atoms with Crippen LogP contribution in [0.5, 0.6) is 23.0 Å². The van der Waals surface area contributed by atoms with E-state index in [0.29, 0.717) is 6.61 Å². The molecule has 0 unspecified atom stereocenters. The molecule has 0 atom stereocenters. The van der Waals surface area contributed by atoms with E-state index in [1.807, 2.05) is 55.5 Å². The van der Waals surface area contributed by atoms with Gasteiger partial charge in [-0.3, -0.25) is 0 Å². The van der Waals surface area contributed by atoms with Gasteiger partial charge in [-0.2, -0.15) is 0 Å². The predicted molar refractivity (Wildman–Crippen MR) is 79.9 cm³/mol. The van der Waals surface area contributed by atoms with Gasteiger partial charge in [0.2, 0.25) is 0 Å². The maximum atomic E-state index is 5.76. The van der Waals surface area contributed by atoms with E-state index in [1.54, 1.807) is 0 Å². The molecular formula is C17H20O3. The Bertz CT molecular complexity index is 503. The molecule has 106 valence electrons. The highest BCUT2D eigenvalue weighted by Crippen LogP contribution is 2.25. The van der Waals surface area contributed by atoms with Gasteiger partial charge in [0.15, 0.2) is 0 Å². The average Bonchev–Trinajstić information content (AvgIpc) is 2.49. The first-order valence-corrected chi connectivity index (χ1v) is 6.95. The Morgan fingerprint density at radius 3 is 1.55 bits per heavy atom. The molecular weight excluding hydrogens is 252 g/mol. The van der Waals surface area contributed by atoms with Crippen LogP contribution in [0.3, 0.4) is 0 Å². The molecule has 0 spiro atoms. The molecule has 0 aliphatic rings. The number of rotatable bonds is 7. The van der Waals surface area contributed by atoms with Gasteiger partial charge in [-0.25, -0.2) is 0 Å². The van der Waals surface area contributed by atoms with Crippen LogP contribution in [0.1, 0.15) is 20.3 Å². The van der Waals surface area contributed by atoms with E-state index in [9.17, 15) is 0 Å². The van der Waals surface area contributed by atoms with E-state index in [-0.39, 0.29) is 0 Å². The summed E-state index contributed by atoms with van der Waals surface area (Å²) in [6.45, 7) is 5.45. The number of hydrogen-bond donors (Lipinski definition) is 0. The van der Waals surface area contributed by atoms with Crippen LogP contribution in [0.4, 0.5) is 0 Å². The summed E-state index contributed by atoms with van der Waals surface area (Å²) in [5, 5.41) is 0. The van der Waals surface area contributed by atoms with Crippen LogP contribution >= 0.6 is 0 Å². The molecule has 0 radical (unpaired) electrons. The fourth-order valence-corrected chi connectivity index (χ4v) is 1.73. The molecule has 20 heavy (non-hydrogen) atoms. The van der Waals surface area contributed by atoms with Gasteiger partial charge in [0.05, 0.1) is 13.2 Å². The largest absolute Gasteiger partial charge is 0.494 e. The Labute approximate surface area is 120 Å². The van der Waals surface area contributed by atoms with E-state index in [4.69, 9.17) is 14.2 Å². The third kappa shape index (κ3) is 4.19. The first kappa shape index (κ1) is 14.3. The lowest BCUT2D eigenvalue weighted by atomic mass is 10.3. The lowest BCUT2D eigenvalue weighted by Gasteiger charge is -2.08. The van der Waals surface area contributed by atoms with Crippen molar-refractivity contribution in [2.45, 2.75) is 20.3 Å². The van der Waals surface area contributed by atoms with E-state index in [1.165, 1.54) is 0 Å². The van der Waals surface area contributed by atoms with Crippen molar-refractivity contribution in [3.8, 4) is 23.0 Å². The molecule has 0 saturated carbocycles. The van der Waals surface area contributed by atoms with E-state index in [2.05, 4.69) is 6.92 Å². The van der Waals surface area contributed by atoms with Gasteiger partial charge < -0.3 is 14.2 Å². The summed E-state index contributed by atoms with van der Waals surface area (Å²) in [4.78, 5) is 0. The average molecular weight is 272 g/mol. The van der Waals surface area contributed by atoms with Crippen molar-refractivity contribution in [1.29, 1.82) is 0 Å².